The smallest absolute Gasteiger partial charge is 0.122 e. The Kier molecular flexibility index (Phi) is 3.21. The molecular formula is C14H18N2O2. The quantitative estimate of drug-likeness (QED) is 0.829. The van der Waals surface area contributed by atoms with E-state index in [0.717, 1.165) is 26.3 Å². The van der Waals surface area contributed by atoms with Crippen molar-refractivity contribution in [1.82, 2.24) is 4.57 Å². The van der Waals surface area contributed by atoms with Gasteiger partial charge in [0, 0.05) is 32.1 Å². The van der Waals surface area contributed by atoms with Crippen LogP contribution < -0.4 is 4.90 Å². The summed E-state index contributed by atoms with van der Waals surface area (Å²) in [6, 6.07) is 8.72. The molecule has 3 rings (SSSR count). The second kappa shape index (κ2) is 5.00. The van der Waals surface area contributed by atoms with Crippen LogP contribution in [0.3, 0.4) is 0 Å². The van der Waals surface area contributed by atoms with Gasteiger partial charge < -0.3 is 18.9 Å². The van der Waals surface area contributed by atoms with E-state index in [9.17, 15) is 0 Å². The minimum atomic E-state index is 0.593. The molecule has 4 nitrogen and oxygen atoms in total. The molecule has 4 heteroatoms. The van der Waals surface area contributed by atoms with Crippen molar-refractivity contribution in [1.29, 1.82) is 0 Å². The van der Waals surface area contributed by atoms with Crippen molar-refractivity contribution in [3.63, 3.8) is 0 Å². The van der Waals surface area contributed by atoms with E-state index in [4.69, 9.17) is 9.47 Å². The zero-order valence-corrected chi connectivity index (χ0v) is 10.6. The molecule has 0 spiro atoms. The van der Waals surface area contributed by atoms with Gasteiger partial charge in [0.1, 0.15) is 6.73 Å². The summed E-state index contributed by atoms with van der Waals surface area (Å²) >= 11 is 0. The van der Waals surface area contributed by atoms with Crippen LogP contribution in [0, 0.1) is 0 Å². The SMILES string of the molecule is COCn1ccc2ccc(N3CCOCC3)cc21. The molecule has 2 heterocycles. The Hall–Kier alpha value is -1.52. The highest BCUT2D eigenvalue weighted by atomic mass is 16.5. The zero-order chi connectivity index (χ0) is 12.4. The first-order chi connectivity index (χ1) is 8.88. The number of methoxy groups -OCH3 is 1. The van der Waals surface area contributed by atoms with Crippen LogP contribution in [-0.4, -0.2) is 38.0 Å². The molecule has 1 aromatic carbocycles. The van der Waals surface area contributed by atoms with Crippen LogP contribution in [0.1, 0.15) is 0 Å². The zero-order valence-electron chi connectivity index (χ0n) is 10.6. The van der Waals surface area contributed by atoms with Crippen LogP contribution in [0.5, 0.6) is 0 Å². The highest BCUT2D eigenvalue weighted by molar-refractivity contribution is 5.83. The van der Waals surface area contributed by atoms with Crippen LogP contribution in [0.25, 0.3) is 10.9 Å². The number of hydrogen-bond acceptors (Lipinski definition) is 3. The maximum Gasteiger partial charge on any atom is 0.122 e. The minimum absolute atomic E-state index is 0.593. The average Bonchev–Trinajstić information content (AvgIpc) is 2.83. The molecule has 0 radical (unpaired) electrons. The van der Waals surface area contributed by atoms with Crippen LogP contribution in [0.15, 0.2) is 30.5 Å². The molecule has 0 saturated carbocycles. The lowest BCUT2D eigenvalue weighted by Gasteiger charge is -2.29. The lowest BCUT2D eigenvalue weighted by Crippen LogP contribution is -2.36. The third-order valence-corrected chi connectivity index (χ3v) is 3.40. The van der Waals surface area contributed by atoms with Gasteiger partial charge in [-0.2, -0.15) is 0 Å². The van der Waals surface area contributed by atoms with Gasteiger partial charge in [0.2, 0.25) is 0 Å². The van der Waals surface area contributed by atoms with Crippen molar-refractivity contribution in [2.24, 2.45) is 0 Å². The topological polar surface area (TPSA) is 26.6 Å². The summed E-state index contributed by atoms with van der Waals surface area (Å²) in [6.07, 6.45) is 2.07. The van der Waals surface area contributed by atoms with Crippen molar-refractivity contribution in [2.75, 3.05) is 38.3 Å². The maximum absolute atomic E-state index is 5.39. The standard InChI is InChI=1S/C14H18N2O2/c1-17-11-16-5-4-12-2-3-13(10-14(12)16)15-6-8-18-9-7-15/h2-5,10H,6-9,11H2,1H3. The van der Waals surface area contributed by atoms with E-state index in [1.54, 1.807) is 7.11 Å². The van der Waals surface area contributed by atoms with E-state index in [0.29, 0.717) is 6.73 Å². The van der Waals surface area contributed by atoms with Crippen LogP contribution >= 0.6 is 0 Å². The molecule has 0 amide bonds. The van der Waals surface area contributed by atoms with Gasteiger partial charge in [0.15, 0.2) is 0 Å². The number of rotatable bonds is 3. The summed E-state index contributed by atoms with van der Waals surface area (Å²) in [5, 5.41) is 1.25. The molecule has 1 aromatic heterocycles. The van der Waals surface area contributed by atoms with E-state index < -0.39 is 0 Å². The fourth-order valence-corrected chi connectivity index (χ4v) is 2.44. The van der Waals surface area contributed by atoms with Gasteiger partial charge in [0.05, 0.1) is 18.7 Å². The summed E-state index contributed by atoms with van der Waals surface area (Å²) in [5.41, 5.74) is 2.49. The number of aromatic nitrogens is 1. The number of hydrogen-bond donors (Lipinski definition) is 0. The van der Waals surface area contributed by atoms with Gasteiger partial charge in [0.25, 0.3) is 0 Å². The molecule has 0 atom stereocenters. The molecule has 0 aliphatic carbocycles. The Bertz CT molecular complexity index is 530. The maximum atomic E-state index is 5.39. The van der Waals surface area contributed by atoms with Crippen LogP contribution in [-0.2, 0) is 16.2 Å². The lowest BCUT2D eigenvalue weighted by atomic mass is 10.2. The molecular weight excluding hydrogens is 228 g/mol. The fraction of sp³-hybridized carbons (Fsp3) is 0.429. The molecule has 0 N–H and O–H groups in total. The summed E-state index contributed by atoms with van der Waals surface area (Å²) in [4.78, 5) is 2.37. The number of nitrogens with zero attached hydrogens (tertiary/aromatic N) is 2. The predicted octanol–water partition coefficient (Wildman–Crippen LogP) is 2.08. The first kappa shape index (κ1) is 11.6. The van der Waals surface area contributed by atoms with Gasteiger partial charge in [-0.3, -0.25) is 0 Å². The van der Waals surface area contributed by atoms with Crippen molar-refractivity contribution in [3.05, 3.63) is 30.5 Å². The van der Waals surface area contributed by atoms with Crippen LogP contribution in [0.4, 0.5) is 5.69 Å². The average molecular weight is 246 g/mol. The number of benzene rings is 1. The van der Waals surface area contributed by atoms with Gasteiger partial charge >= 0.3 is 0 Å². The Morgan fingerprint density at radius 3 is 2.83 bits per heavy atom. The second-order valence-corrected chi connectivity index (χ2v) is 4.55. The van der Waals surface area contributed by atoms with E-state index in [2.05, 4.69) is 39.9 Å². The molecule has 0 unspecified atom stereocenters. The number of anilines is 1. The molecule has 18 heavy (non-hydrogen) atoms. The highest BCUT2D eigenvalue weighted by Crippen LogP contribution is 2.24. The monoisotopic (exact) mass is 246 g/mol. The Balaban J connectivity index is 1.95. The number of fused-ring (bicyclic) bond motifs is 1. The Morgan fingerprint density at radius 1 is 1.22 bits per heavy atom. The number of morpholine rings is 1. The van der Waals surface area contributed by atoms with Crippen LogP contribution in [0.2, 0.25) is 0 Å². The largest absolute Gasteiger partial charge is 0.378 e. The van der Waals surface area contributed by atoms with E-state index >= 15 is 0 Å². The summed E-state index contributed by atoms with van der Waals surface area (Å²) in [6.45, 7) is 4.16. The summed E-state index contributed by atoms with van der Waals surface area (Å²) < 4.78 is 12.7. The van der Waals surface area contributed by atoms with Crippen molar-refractivity contribution in [2.45, 2.75) is 6.73 Å². The summed E-state index contributed by atoms with van der Waals surface area (Å²) in [7, 11) is 1.72. The molecule has 0 bridgehead atoms. The first-order valence-electron chi connectivity index (χ1n) is 6.29. The lowest BCUT2D eigenvalue weighted by molar-refractivity contribution is 0.122. The van der Waals surface area contributed by atoms with Gasteiger partial charge in [-0.05, 0) is 23.6 Å². The normalized spacial score (nSPS) is 16.4. The van der Waals surface area contributed by atoms with Gasteiger partial charge in [-0.15, -0.1) is 0 Å². The molecule has 1 saturated heterocycles. The molecule has 1 aliphatic heterocycles. The van der Waals surface area contributed by atoms with E-state index in [1.807, 2.05) is 0 Å². The number of ether oxygens (including phenoxy) is 2. The minimum Gasteiger partial charge on any atom is -0.378 e. The predicted molar refractivity (Wildman–Crippen MR) is 72.0 cm³/mol. The van der Waals surface area contributed by atoms with Gasteiger partial charge in [-0.25, -0.2) is 0 Å². The van der Waals surface area contributed by atoms with Crippen molar-refractivity contribution < 1.29 is 9.47 Å². The van der Waals surface area contributed by atoms with Crippen molar-refractivity contribution in [3.8, 4) is 0 Å². The second-order valence-electron chi connectivity index (χ2n) is 4.55. The third kappa shape index (κ3) is 2.09. The fourth-order valence-electron chi connectivity index (χ4n) is 2.44. The Labute approximate surface area is 107 Å². The third-order valence-electron chi connectivity index (χ3n) is 3.40. The first-order valence-corrected chi connectivity index (χ1v) is 6.29. The van der Waals surface area contributed by atoms with Crippen molar-refractivity contribution >= 4 is 16.6 Å². The van der Waals surface area contributed by atoms with Gasteiger partial charge in [-0.1, -0.05) is 6.07 Å². The molecule has 1 fully saturated rings. The Morgan fingerprint density at radius 2 is 2.06 bits per heavy atom. The molecule has 1 aliphatic rings. The molecule has 2 aromatic rings. The van der Waals surface area contributed by atoms with E-state index in [1.165, 1.54) is 16.6 Å². The molecule has 96 valence electrons. The summed E-state index contributed by atoms with van der Waals surface area (Å²) in [5.74, 6) is 0. The van der Waals surface area contributed by atoms with E-state index in [-0.39, 0.29) is 0 Å². The highest BCUT2D eigenvalue weighted by Gasteiger charge is 2.12.